The van der Waals surface area contributed by atoms with Crippen LogP contribution >= 0.6 is 15.9 Å². The highest BCUT2D eigenvalue weighted by molar-refractivity contribution is 9.10. The Kier molecular flexibility index (Phi) is 2.38. The molecule has 0 saturated carbocycles. The summed E-state index contributed by atoms with van der Waals surface area (Å²) in [6, 6.07) is 13.2. The SMILES string of the molecule is O=C1c2ccccc2[C@]2(O)c3ccc(Br)cc3CCN12. The summed E-state index contributed by atoms with van der Waals surface area (Å²) in [4.78, 5) is 14.0. The molecule has 20 heavy (non-hydrogen) atoms. The fourth-order valence-corrected chi connectivity index (χ4v) is 3.72. The maximum absolute atomic E-state index is 12.5. The van der Waals surface area contributed by atoms with E-state index in [0.717, 1.165) is 22.0 Å². The zero-order chi connectivity index (χ0) is 13.9. The summed E-state index contributed by atoms with van der Waals surface area (Å²) in [6.45, 7) is 0.535. The molecular weight excluding hydrogens is 318 g/mol. The van der Waals surface area contributed by atoms with E-state index in [-0.39, 0.29) is 5.91 Å². The number of fused-ring (bicyclic) bond motifs is 5. The number of amides is 1. The lowest BCUT2D eigenvalue weighted by Gasteiger charge is -2.40. The highest BCUT2D eigenvalue weighted by atomic mass is 79.9. The van der Waals surface area contributed by atoms with Gasteiger partial charge in [-0.1, -0.05) is 40.2 Å². The standard InChI is InChI=1S/C16H12BrNO2/c17-11-5-6-13-10(9-11)7-8-18-15(19)12-3-1-2-4-14(12)16(13,18)20/h1-6,9,20H,7-8H2/t16-/m1/s1. The first-order valence-corrected chi connectivity index (χ1v) is 7.34. The molecule has 2 aliphatic heterocycles. The van der Waals surface area contributed by atoms with Gasteiger partial charge >= 0.3 is 0 Å². The average Bonchev–Trinajstić information content (AvgIpc) is 2.68. The molecule has 2 aromatic carbocycles. The minimum Gasteiger partial charge on any atom is -0.363 e. The van der Waals surface area contributed by atoms with Crippen LogP contribution < -0.4 is 0 Å². The van der Waals surface area contributed by atoms with Gasteiger partial charge in [-0.2, -0.15) is 0 Å². The number of rotatable bonds is 0. The van der Waals surface area contributed by atoms with E-state index < -0.39 is 5.72 Å². The summed E-state index contributed by atoms with van der Waals surface area (Å²) in [6.07, 6.45) is 0.761. The van der Waals surface area contributed by atoms with Crippen molar-refractivity contribution in [1.82, 2.24) is 4.90 Å². The molecule has 1 atom stereocenters. The predicted octanol–water partition coefficient (Wildman–Crippen LogP) is 2.65. The van der Waals surface area contributed by atoms with E-state index in [9.17, 15) is 9.90 Å². The van der Waals surface area contributed by atoms with Gasteiger partial charge in [0, 0.05) is 27.7 Å². The summed E-state index contributed by atoms with van der Waals surface area (Å²) in [5, 5.41) is 11.3. The maximum atomic E-state index is 12.5. The first kappa shape index (κ1) is 12.1. The lowest BCUT2D eigenvalue weighted by molar-refractivity contribution is -0.0563. The average molecular weight is 330 g/mol. The number of aliphatic hydroxyl groups is 1. The molecule has 0 spiro atoms. The number of nitrogens with zero attached hydrogens (tertiary/aromatic N) is 1. The molecule has 2 heterocycles. The lowest BCUT2D eigenvalue weighted by atomic mass is 9.86. The van der Waals surface area contributed by atoms with E-state index in [4.69, 9.17) is 0 Å². The third kappa shape index (κ3) is 1.35. The number of hydrogen-bond donors (Lipinski definition) is 1. The fraction of sp³-hybridized carbons (Fsp3) is 0.188. The van der Waals surface area contributed by atoms with Gasteiger partial charge in [-0.05, 0) is 30.2 Å². The molecule has 1 N–H and O–H groups in total. The monoisotopic (exact) mass is 329 g/mol. The first-order chi connectivity index (χ1) is 9.62. The Morgan fingerprint density at radius 1 is 1.15 bits per heavy atom. The number of halogens is 1. The topological polar surface area (TPSA) is 40.5 Å². The highest BCUT2D eigenvalue weighted by Crippen LogP contribution is 2.46. The van der Waals surface area contributed by atoms with Gasteiger partial charge in [-0.3, -0.25) is 4.79 Å². The molecule has 3 nitrogen and oxygen atoms in total. The fourth-order valence-electron chi connectivity index (χ4n) is 3.31. The lowest BCUT2D eigenvalue weighted by Crippen LogP contribution is -2.49. The summed E-state index contributed by atoms with van der Waals surface area (Å²) >= 11 is 3.46. The highest BCUT2D eigenvalue weighted by Gasteiger charge is 2.52. The molecular formula is C16H12BrNO2. The Bertz CT molecular complexity index is 743. The molecule has 0 saturated heterocycles. The molecule has 100 valence electrons. The van der Waals surface area contributed by atoms with Gasteiger partial charge in [-0.25, -0.2) is 0 Å². The van der Waals surface area contributed by atoms with Crippen LogP contribution in [-0.2, 0) is 12.1 Å². The molecule has 2 aromatic rings. The second-order valence-corrected chi connectivity index (χ2v) is 6.14. The van der Waals surface area contributed by atoms with E-state index in [2.05, 4.69) is 15.9 Å². The van der Waals surface area contributed by atoms with Crippen LogP contribution in [0.3, 0.4) is 0 Å². The van der Waals surface area contributed by atoms with E-state index in [1.807, 2.05) is 36.4 Å². The van der Waals surface area contributed by atoms with Gasteiger partial charge in [0.25, 0.3) is 5.91 Å². The molecule has 0 fully saturated rings. The number of benzene rings is 2. The predicted molar refractivity (Wildman–Crippen MR) is 78.3 cm³/mol. The van der Waals surface area contributed by atoms with E-state index in [0.29, 0.717) is 17.7 Å². The minimum atomic E-state index is -1.32. The molecule has 2 aliphatic rings. The Morgan fingerprint density at radius 2 is 1.95 bits per heavy atom. The van der Waals surface area contributed by atoms with Crippen LogP contribution in [0, 0.1) is 0 Å². The maximum Gasteiger partial charge on any atom is 0.257 e. The number of hydrogen-bond acceptors (Lipinski definition) is 2. The van der Waals surface area contributed by atoms with Crippen molar-refractivity contribution in [2.45, 2.75) is 12.1 Å². The van der Waals surface area contributed by atoms with Crippen molar-refractivity contribution in [2.75, 3.05) is 6.54 Å². The van der Waals surface area contributed by atoms with Crippen LogP contribution in [0.5, 0.6) is 0 Å². The van der Waals surface area contributed by atoms with Gasteiger partial charge in [0.2, 0.25) is 0 Å². The van der Waals surface area contributed by atoms with Crippen molar-refractivity contribution in [2.24, 2.45) is 0 Å². The number of carbonyl (C=O) groups is 1. The summed E-state index contributed by atoms with van der Waals surface area (Å²) in [7, 11) is 0. The zero-order valence-electron chi connectivity index (χ0n) is 10.6. The largest absolute Gasteiger partial charge is 0.363 e. The third-order valence-corrected chi connectivity index (χ3v) is 4.71. The van der Waals surface area contributed by atoms with Crippen LogP contribution in [-0.4, -0.2) is 22.5 Å². The van der Waals surface area contributed by atoms with Crippen molar-refractivity contribution in [3.05, 3.63) is 69.2 Å². The number of carbonyl (C=O) groups excluding carboxylic acids is 1. The van der Waals surface area contributed by atoms with E-state index in [1.54, 1.807) is 11.0 Å². The van der Waals surface area contributed by atoms with Gasteiger partial charge in [0.15, 0.2) is 5.72 Å². The van der Waals surface area contributed by atoms with Crippen LogP contribution in [0.2, 0.25) is 0 Å². The molecule has 0 unspecified atom stereocenters. The Hall–Kier alpha value is -1.65. The van der Waals surface area contributed by atoms with Crippen molar-refractivity contribution in [3.63, 3.8) is 0 Å². The van der Waals surface area contributed by atoms with Gasteiger partial charge < -0.3 is 10.0 Å². The molecule has 0 aliphatic carbocycles. The third-order valence-electron chi connectivity index (χ3n) is 4.22. The summed E-state index contributed by atoms with van der Waals surface area (Å²) < 4.78 is 0.992. The van der Waals surface area contributed by atoms with Crippen molar-refractivity contribution < 1.29 is 9.90 Å². The molecule has 4 heteroatoms. The normalized spacial score (nSPS) is 23.3. The van der Waals surface area contributed by atoms with Crippen molar-refractivity contribution in [1.29, 1.82) is 0 Å². The van der Waals surface area contributed by atoms with Gasteiger partial charge in [0.05, 0.1) is 0 Å². The van der Waals surface area contributed by atoms with E-state index >= 15 is 0 Å². The quantitative estimate of drug-likeness (QED) is 0.807. The van der Waals surface area contributed by atoms with Gasteiger partial charge in [-0.15, -0.1) is 0 Å². The smallest absolute Gasteiger partial charge is 0.257 e. The Morgan fingerprint density at radius 3 is 2.80 bits per heavy atom. The van der Waals surface area contributed by atoms with Crippen LogP contribution in [0.25, 0.3) is 0 Å². The van der Waals surface area contributed by atoms with E-state index in [1.165, 1.54) is 0 Å². The van der Waals surface area contributed by atoms with Crippen LogP contribution in [0.1, 0.15) is 27.0 Å². The Labute approximate surface area is 125 Å². The molecule has 4 rings (SSSR count). The van der Waals surface area contributed by atoms with Gasteiger partial charge in [0.1, 0.15) is 0 Å². The molecule has 0 bridgehead atoms. The molecule has 0 aromatic heterocycles. The van der Waals surface area contributed by atoms with Crippen molar-refractivity contribution >= 4 is 21.8 Å². The van der Waals surface area contributed by atoms with Crippen molar-refractivity contribution in [3.8, 4) is 0 Å². The summed E-state index contributed by atoms with van der Waals surface area (Å²) in [5.74, 6) is -0.0864. The molecule has 0 radical (unpaired) electrons. The second kappa shape index (κ2) is 3.93. The first-order valence-electron chi connectivity index (χ1n) is 6.55. The zero-order valence-corrected chi connectivity index (χ0v) is 12.2. The Balaban J connectivity index is 2.03. The van der Waals surface area contributed by atoms with Crippen LogP contribution in [0.15, 0.2) is 46.9 Å². The molecule has 1 amide bonds. The second-order valence-electron chi connectivity index (χ2n) is 5.23. The summed E-state index contributed by atoms with van der Waals surface area (Å²) in [5.41, 5.74) is 1.87. The van der Waals surface area contributed by atoms with Crippen LogP contribution in [0.4, 0.5) is 0 Å². The minimum absolute atomic E-state index is 0.0864.